The highest BCUT2D eigenvalue weighted by Crippen LogP contribution is 2.30. The summed E-state index contributed by atoms with van der Waals surface area (Å²) in [6.07, 6.45) is 4.30. The maximum Gasteiger partial charge on any atom is 0.0569 e. The van der Waals surface area contributed by atoms with Gasteiger partial charge in [0.2, 0.25) is 0 Å². The molecule has 78 valence electrons. The fraction of sp³-hybridized carbons (Fsp3) is 1.00. The van der Waals surface area contributed by atoms with Crippen molar-refractivity contribution in [2.75, 3.05) is 13.2 Å². The third-order valence-corrected chi connectivity index (χ3v) is 3.04. The number of ether oxygens (including phenoxy) is 1. The zero-order valence-electron chi connectivity index (χ0n) is 8.83. The van der Waals surface area contributed by atoms with E-state index in [9.17, 15) is 5.11 Å². The molecule has 3 atom stereocenters. The van der Waals surface area contributed by atoms with Crippen LogP contribution in [0.4, 0.5) is 0 Å². The Morgan fingerprint density at radius 1 is 1.38 bits per heavy atom. The monoisotopic (exact) mass is 186 g/mol. The molecule has 3 unspecified atom stereocenters. The number of hydrogen-bond donors (Lipinski definition) is 1. The van der Waals surface area contributed by atoms with E-state index in [-0.39, 0.29) is 6.10 Å². The lowest BCUT2D eigenvalue weighted by Crippen LogP contribution is -2.29. The Morgan fingerprint density at radius 2 is 2.15 bits per heavy atom. The van der Waals surface area contributed by atoms with Gasteiger partial charge in [-0.15, -0.1) is 0 Å². The average molecular weight is 186 g/mol. The zero-order valence-corrected chi connectivity index (χ0v) is 8.83. The zero-order chi connectivity index (χ0) is 9.68. The lowest BCUT2D eigenvalue weighted by Gasteiger charge is -2.31. The summed E-state index contributed by atoms with van der Waals surface area (Å²) in [5.41, 5.74) is 0. The molecule has 1 rings (SSSR count). The second kappa shape index (κ2) is 5.61. The Bertz CT molecular complexity index is 136. The van der Waals surface area contributed by atoms with Gasteiger partial charge in [0.1, 0.15) is 0 Å². The molecule has 0 aromatic carbocycles. The van der Waals surface area contributed by atoms with Crippen molar-refractivity contribution >= 4 is 0 Å². The summed E-state index contributed by atoms with van der Waals surface area (Å²) < 4.78 is 5.31. The van der Waals surface area contributed by atoms with Gasteiger partial charge in [0.25, 0.3) is 0 Å². The molecule has 0 aliphatic heterocycles. The number of aliphatic hydroxyl groups excluding tert-OH is 1. The molecule has 1 aliphatic rings. The molecule has 0 bridgehead atoms. The second-order valence-corrected chi connectivity index (χ2v) is 4.23. The highest BCUT2D eigenvalue weighted by Gasteiger charge is 2.26. The quantitative estimate of drug-likeness (QED) is 0.682. The normalized spacial score (nSPS) is 34.8. The summed E-state index contributed by atoms with van der Waals surface area (Å²) in [6, 6.07) is 0. The van der Waals surface area contributed by atoms with Gasteiger partial charge in [-0.1, -0.05) is 6.92 Å². The van der Waals surface area contributed by atoms with Gasteiger partial charge >= 0.3 is 0 Å². The van der Waals surface area contributed by atoms with E-state index >= 15 is 0 Å². The van der Waals surface area contributed by atoms with E-state index in [2.05, 4.69) is 6.92 Å². The SMILES string of the molecule is CCOCCC1CC(C)CCC1O. The van der Waals surface area contributed by atoms with Crippen molar-refractivity contribution in [3.05, 3.63) is 0 Å². The van der Waals surface area contributed by atoms with Gasteiger partial charge in [0.15, 0.2) is 0 Å². The molecule has 1 N–H and O–H groups in total. The lowest BCUT2D eigenvalue weighted by atomic mass is 9.79. The second-order valence-electron chi connectivity index (χ2n) is 4.23. The number of hydrogen-bond acceptors (Lipinski definition) is 2. The first-order valence-corrected chi connectivity index (χ1v) is 5.49. The highest BCUT2D eigenvalue weighted by atomic mass is 16.5. The smallest absolute Gasteiger partial charge is 0.0569 e. The van der Waals surface area contributed by atoms with Gasteiger partial charge in [-0.2, -0.15) is 0 Å². The Labute approximate surface area is 81.3 Å². The van der Waals surface area contributed by atoms with E-state index in [4.69, 9.17) is 4.74 Å². The predicted molar refractivity (Wildman–Crippen MR) is 53.6 cm³/mol. The predicted octanol–water partition coefficient (Wildman–Crippen LogP) is 2.21. The topological polar surface area (TPSA) is 29.5 Å². The van der Waals surface area contributed by atoms with Crippen LogP contribution >= 0.6 is 0 Å². The summed E-state index contributed by atoms with van der Waals surface area (Å²) in [6.45, 7) is 5.89. The minimum atomic E-state index is -0.0725. The number of aliphatic hydroxyl groups is 1. The number of rotatable bonds is 4. The average Bonchev–Trinajstić information content (AvgIpc) is 2.11. The van der Waals surface area contributed by atoms with Crippen LogP contribution in [0.25, 0.3) is 0 Å². The van der Waals surface area contributed by atoms with Crippen LogP contribution < -0.4 is 0 Å². The summed E-state index contributed by atoms with van der Waals surface area (Å²) in [4.78, 5) is 0. The summed E-state index contributed by atoms with van der Waals surface area (Å²) in [5, 5.41) is 9.73. The first-order chi connectivity index (χ1) is 6.24. The standard InChI is InChI=1S/C11H22O2/c1-3-13-7-6-10-8-9(2)4-5-11(10)12/h9-12H,3-8H2,1-2H3. The molecule has 0 heterocycles. The molecule has 0 aromatic rings. The minimum Gasteiger partial charge on any atom is -0.393 e. The van der Waals surface area contributed by atoms with Crippen molar-refractivity contribution in [2.45, 2.75) is 45.6 Å². The van der Waals surface area contributed by atoms with Crippen LogP contribution in [0.2, 0.25) is 0 Å². The Hall–Kier alpha value is -0.0800. The van der Waals surface area contributed by atoms with Crippen LogP contribution in [-0.2, 0) is 4.74 Å². The van der Waals surface area contributed by atoms with Crippen molar-refractivity contribution in [1.29, 1.82) is 0 Å². The van der Waals surface area contributed by atoms with Crippen molar-refractivity contribution in [3.63, 3.8) is 0 Å². The molecule has 1 fully saturated rings. The molecule has 1 aliphatic carbocycles. The Kier molecular flexibility index (Phi) is 4.74. The largest absolute Gasteiger partial charge is 0.393 e. The molecular weight excluding hydrogens is 164 g/mol. The third-order valence-electron chi connectivity index (χ3n) is 3.04. The molecule has 2 nitrogen and oxygen atoms in total. The van der Waals surface area contributed by atoms with Crippen LogP contribution in [0, 0.1) is 11.8 Å². The van der Waals surface area contributed by atoms with E-state index in [1.54, 1.807) is 0 Å². The summed E-state index contributed by atoms with van der Waals surface area (Å²) in [7, 11) is 0. The Balaban J connectivity index is 2.21. The molecule has 0 spiro atoms. The molecular formula is C11H22O2. The van der Waals surface area contributed by atoms with Gasteiger partial charge in [0, 0.05) is 13.2 Å². The van der Waals surface area contributed by atoms with Crippen LogP contribution in [0.3, 0.4) is 0 Å². The van der Waals surface area contributed by atoms with Crippen molar-refractivity contribution < 1.29 is 9.84 Å². The Morgan fingerprint density at radius 3 is 2.85 bits per heavy atom. The molecule has 0 radical (unpaired) electrons. The first kappa shape index (κ1) is 11.0. The fourth-order valence-electron chi connectivity index (χ4n) is 2.17. The molecule has 0 amide bonds. The first-order valence-electron chi connectivity index (χ1n) is 5.49. The van der Waals surface area contributed by atoms with Crippen molar-refractivity contribution in [2.24, 2.45) is 11.8 Å². The molecule has 1 saturated carbocycles. The van der Waals surface area contributed by atoms with Crippen molar-refractivity contribution in [1.82, 2.24) is 0 Å². The van der Waals surface area contributed by atoms with E-state index in [0.717, 1.165) is 32.0 Å². The van der Waals surface area contributed by atoms with E-state index in [1.807, 2.05) is 6.92 Å². The van der Waals surface area contributed by atoms with Gasteiger partial charge in [-0.05, 0) is 44.4 Å². The van der Waals surface area contributed by atoms with E-state index in [0.29, 0.717) is 5.92 Å². The molecule has 2 heteroatoms. The highest BCUT2D eigenvalue weighted by molar-refractivity contribution is 4.77. The van der Waals surface area contributed by atoms with Crippen LogP contribution in [0.5, 0.6) is 0 Å². The van der Waals surface area contributed by atoms with Gasteiger partial charge in [0.05, 0.1) is 6.10 Å². The fourth-order valence-corrected chi connectivity index (χ4v) is 2.17. The lowest BCUT2D eigenvalue weighted by molar-refractivity contribution is 0.0278. The van der Waals surface area contributed by atoms with Crippen molar-refractivity contribution in [3.8, 4) is 0 Å². The summed E-state index contributed by atoms with van der Waals surface area (Å²) in [5.74, 6) is 1.27. The van der Waals surface area contributed by atoms with Crippen LogP contribution in [0.1, 0.15) is 39.5 Å². The third kappa shape index (κ3) is 3.65. The van der Waals surface area contributed by atoms with Gasteiger partial charge in [-0.25, -0.2) is 0 Å². The van der Waals surface area contributed by atoms with E-state index < -0.39 is 0 Å². The van der Waals surface area contributed by atoms with Gasteiger partial charge < -0.3 is 9.84 Å². The van der Waals surface area contributed by atoms with Gasteiger partial charge in [-0.3, -0.25) is 0 Å². The maximum atomic E-state index is 9.73. The molecule has 13 heavy (non-hydrogen) atoms. The minimum absolute atomic E-state index is 0.0725. The molecule has 0 saturated heterocycles. The van der Waals surface area contributed by atoms with E-state index in [1.165, 1.54) is 12.8 Å². The van der Waals surface area contributed by atoms with Crippen LogP contribution in [0.15, 0.2) is 0 Å². The summed E-state index contributed by atoms with van der Waals surface area (Å²) >= 11 is 0. The van der Waals surface area contributed by atoms with Crippen LogP contribution in [-0.4, -0.2) is 24.4 Å². The maximum absolute atomic E-state index is 9.73. The molecule has 0 aromatic heterocycles.